The van der Waals surface area contributed by atoms with Crippen molar-refractivity contribution in [3.63, 3.8) is 0 Å². The fourth-order valence-electron chi connectivity index (χ4n) is 4.00. The number of alkyl halides is 3. The van der Waals surface area contributed by atoms with Crippen LogP contribution in [0.25, 0.3) is 22.4 Å². The highest BCUT2D eigenvalue weighted by Crippen LogP contribution is 2.40. The summed E-state index contributed by atoms with van der Waals surface area (Å²) >= 11 is 12.2. The van der Waals surface area contributed by atoms with Crippen LogP contribution in [0.5, 0.6) is 0 Å². The smallest absolute Gasteiger partial charge is 0.332 e. The van der Waals surface area contributed by atoms with Crippen molar-refractivity contribution in [2.75, 3.05) is 0 Å². The van der Waals surface area contributed by atoms with Crippen molar-refractivity contribution in [1.82, 2.24) is 19.7 Å². The van der Waals surface area contributed by atoms with E-state index in [4.69, 9.17) is 27.7 Å². The first-order valence-electron chi connectivity index (χ1n) is 10.6. The van der Waals surface area contributed by atoms with Gasteiger partial charge in [0.1, 0.15) is 11.4 Å². The monoisotopic (exact) mass is 530 g/mol. The molecule has 0 unspecified atom stereocenters. The van der Waals surface area contributed by atoms with Crippen LogP contribution in [0.15, 0.2) is 65.3 Å². The van der Waals surface area contributed by atoms with Crippen LogP contribution in [0.4, 0.5) is 13.2 Å². The number of carbonyl (C=O) groups excluding carboxylic acids is 1. The summed E-state index contributed by atoms with van der Waals surface area (Å²) in [6.45, 7) is 1.47. The number of benzene rings is 2. The Balaban J connectivity index is 1.71. The number of nitrogens with zero attached hydrogens (tertiary/aromatic N) is 4. The molecule has 0 aliphatic heterocycles. The van der Waals surface area contributed by atoms with Crippen molar-refractivity contribution in [3.05, 3.63) is 99.1 Å². The van der Waals surface area contributed by atoms with Gasteiger partial charge >= 0.3 is 6.18 Å². The second-order valence-electron chi connectivity index (χ2n) is 8.03. The molecule has 6 nitrogen and oxygen atoms in total. The Labute approximate surface area is 212 Å². The maximum Gasteiger partial charge on any atom is 0.432 e. The predicted molar refractivity (Wildman–Crippen MR) is 128 cm³/mol. The summed E-state index contributed by atoms with van der Waals surface area (Å²) in [7, 11) is 0. The summed E-state index contributed by atoms with van der Waals surface area (Å²) in [5.74, 6) is -1.64. The molecule has 0 fully saturated rings. The van der Waals surface area contributed by atoms with Gasteiger partial charge in [0.25, 0.3) is 11.7 Å². The molecule has 0 atom stereocenters. The number of halogens is 5. The molecule has 0 N–H and O–H groups in total. The van der Waals surface area contributed by atoms with E-state index in [0.29, 0.717) is 21.8 Å². The highest BCUT2D eigenvalue weighted by atomic mass is 35.5. The van der Waals surface area contributed by atoms with E-state index < -0.39 is 29.1 Å². The van der Waals surface area contributed by atoms with Crippen molar-refractivity contribution in [1.29, 1.82) is 0 Å². The lowest BCUT2D eigenvalue weighted by atomic mass is 10.0. The van der Waals surface area contributed by atoms with Crippen molar-refractivity contribution >= 4 is 39.9 Å². The maximum atomic E-state index is 14.6. The van der Waals surface area contributed by atoms with Gasteiger partial charge < -0.3 is 9.09 Å². The van der Waals surface area contributed by atoms with Gasteiger partial charge in [-0.25, -0.2) is 0 Å². The second kappa shape index (κ2) is 9.07. The quantitative estimate of drug-likeness (QED) is 0.229. The lowest BCUT2D eigenvalue weighted by molar-refractivity contribution is -0.143. The van der Waals surface area contributed by atoms with Crippen LogP contribution in [0, 0.1) is 6.92 Å². The van der Waals surface area contributed by atoms with Crippen LogP contribution < -0.4 is 0 Å². The summed E-state index contributed by atoms with van der Waals surface area (Å²) in [5, 5.41) is 4.39. The average Bonchev–Trinajstić information content (AvgIpc) is 3.44. The molecule has 182 valence electrons. The van der Waals surface area contributed by atoms with Gasteiger partial charge in [-0.1, -0.05) is 52.1 Å². The Hall–Kier alpha value is -3.69. The number of hydrogen-bond donors (Lipinski definition) is 0. The lowest BCUT2D eigenvalue weighted by Crippen LogP contribution is -2.19. The molecular formula is C25H15Cl2F3N4O2. The molecule has 0 bridgehead atoms. The zero-order chi connectivity index (χ0) is 25.6. The van der Waals surface area contributed by atoms with E-state index in [9.17, 15) is 18.0 Å². The largest absolute Gasteiger partial charge is 0.432 e. The number of aromatic nitrogens is 4. The van der Waals surface area contributed by atoms with Gasteiger partial charge in [0.05, 0.1) is 5.56 Å². The molecular weight excluding hydrogens is 516 g/mol. The summed E-state index contributed by atoms with van der Waals surface area (Å²) in [4.78, 5) is 21.6. The van der Waals surface area contributed by atoms with Gasteiger partial charge in [-0.2, -0.15) is 18.2 Å². The number of hydrogen-bond acceptors (Lipinski definition) is 5. The molecule has 11 heteroatoms. The molecule has 5 rings (SSSR count). The zero-order valence-electron chi connectivity index (χ0n) is 18.5. The Morgan fingerprint density at radius 2 is 1.89 bits per heavy atom. The Kier molecular flexibility index (Phi) is 6.05. The highest BCUT2D eigenvalue weighted by Gasteiger charge is 2.42. The van der Waals surface area contributed by atoms with Crippen molar-refractivity contribution < 1.29 is 22.5 Å². The number of pyridine rings is 1. The fourth-order valence-corrected chi connectivity index (χ4v) is 4.47. The van der Waals surface area contributed by atoms with E-state index in [1.54, 1.807) is 37.3 Å². The number of carbonyl (C=O) groups is 1. The normalized spacial score (nSPS) is 11.8. The number of ketones is 1. The van der Waals surface area contributed by atoms with E-state index in [-0.39, 0.29) is 28.3 Å². The summed E-state index contributed by atoms with van der Waals surface area (Å²) in [6.07, 6.45) is -3.39. The topological polar surface area (TPSA) is 73.8 Å². The predicted octanol–water partition coefficient (Wildman–Crippen LogP) is 7.00. The first kappa shape index (κ1) is 24.0. The SMILES string of the molecule is Cc1ccc2c(c1)c(C(=O)c1nc(-c3ccccn3)no1)c(C(F)(F)F)n2Cc1ccc(Cl)cc1Cl. The van der Waals surface area contributed by atoms with E-state index in [1.807, 2.05) is 0 Å². The molecule has 0 saturated carbocycles. The number of rotatable bonds is 5. The first-order valence-corrected chi connectivity index (χ1v) is 11.3. The maximum absolute atomic E-state index is 14.6. The lowest BCUT2D eigenvalue weighted by Gasteiger charge is -2.15. The molecule has 0 spiro atoms. The van der Waals surface area contributed by atoms with Crippen LogP contribution in [0.2, 0.25) is 10.0 Å². The summed E-state index contributed by atoms with van der Waals surface area (Å²) < 4.78 is 49.8. The van der Waals surface area contributed by atoms with Crippen LogP contribution in [-0.2, 0) is 12.7 Å². The Morgan fingerprint density at radius 3 is 2.58 bits per heavy atom. The third kappa shape index (κ3) is 4.36. The minimum Gasteiger partial charge on any atom is -0.332 e. The number of aryl methyl sites for hydroxylation is 1. The van der Waals surface area contributed by atoms with Gasteiger partial charge in [-0.05, 0) is 48.9 Å². The van der Waals surface area contributed by atoms with Crippen molar-refractivity contribution in [2.24, 2.45) is 0 Å². The fraction of sp³-hybridized carbons (Fsp3) is 0.120. The number of fused-ring (bicyclic) bond motifs is 1. The van der Waals surface area contributed by atoms with Gasteiger partial charge in [-0.15, -0.1) is 0 Å². The molecule has 2 aromatic carbocycles. The van der Waals surface area contributed by atoms with E-state index in [2.05, 4.69) is 15.1 Å². The van der Waals surface area contributed by atoms with Crippen LogP contribution in [0.1, 0.15) is 33.1 Å². The Bertz CT molecular complexity index is 1610. The van der Waals surface area contributed by atoms with E-state index in [1.165, 1.54) is 30.5 Å². The second-order valence-corrected chi connectivity index (χ2v) is 8.87. The van der Waals surface area contributed by atoms with E-state index >= 15 is 0 Å². The van der Waals surface area contributed by atoms with Crippen molar-refractivity contribution in [3.8, 4) is 11.5 Å². The van der Waals surface area contributed by atoms with Crippen LogP contribution >= 0.6 is 23.2 Å². The van der Waals surface area contributed by atoms with Gasteiger partial charge in [0, 0.05) is 33.7 Å². The minimum atomic E-state index is -4.89. The molecule has 0 aliphatic rings. The molecule has 0 amide bonds. The van der Waals surface area contributed by atoms with Crippen LogP contribution in [0.3, 0.4) is 0 Å². The average molecular weight is 531 g/mol. The van der Waals surface area contributed by atoms with Crippen molar-refractivity contribution in [2.45, 2.75) is 19.6 Å². The van der Waals surface area contributed by atoms with Crippen LogP contribution in [-0.4, -0.2) is 25.5 Å². The molecule has 0 aliphatic carbocycles. The molecule has 3 aromatic heterocycles. The first-order chi connectivity index (χ1) is 17.1. The highest BCUT2D eigenvalue weighted by molar-refractivity contribution is 6.35. The summed E-state index contributed by atoms with van der Waals surface area (Å²) in [6, 6.07) is 14.2. The Morgan fingerprint density at radius 1 is 1.08 bits per heavy atom. The third-order valence-corrected chi connectivity index (χ3v) is 6.16. The third-order valence-electron chi connectivity index (χ3n) is 5.57. The zero-order valence-corrected chi connectivity index (χ0v) is 20.0. The molecule has 0 saturated heterocycles. The molecule has 36 heavy (non-hydrogen) atoms. The van der Waals surface area contributed by atoms with Gasteiger partial charge in [0.15, 0.2) is 0 Å². The standard InChI is InChI=1S/C25H15Cl2F3N4O2/c1-13-5-8-19-16(10-13)20(21(35)24-32-23(33-36-24)18-4-2-3-9-31-18)22(25(28,29)30)34(19)12-14-6-7-15(26)11-17(14)27/h2-11H,12H2,1H3. The van der Waals surface area contributed by atoms with E-state index in [0.717, 1.165) is 4.57 Å². The van der Waals surface area contributed by atoms with Gasteiger partial charge in [-0.3, -0.25) is 9.78 Å². The molecule has 0 radical (unpaired) electrons. The molecule has 5 aromatic rings. The van der Waals surface area contributed by atoms with Gasteiger partial charge in [0.2, 0.25) is 5.82 Å². The minimum absolute atomic E-state index is 0.0135. The molecule has 3 heterocycles. The summed E-state index contributed by atoms with van der Waals surface area (Å²) in [5.41, 5.74) is -0.136.